The van der Waals surface area contributed by atoms with Gasteiger partial charge in [0.05, 0.1) is 6.26 Å². The standard InChI is InChI=1S/C12H11F3N2O2/c13-12(14,15)19-9-5-3-8(4-6-9)11(17-16)10-2-1-7-18-10/h1-7,11,17H,16H2. The van der Waals surface area contributed by atoms with Crippen molar-refractivity contribution in [1.82, 2.24) is 5.43 Å². The largest absolute Gasteiger partial charge is 0.573 e. The van der Waals surface area contributed by atoms with E-state index in [0.717, 1.165) is 0 Å². The number of ether oxygens (including phenoxy) is 1. The summed E-state index contributed by atoms with van der Waals surface area (Å²) in [6.45, 7) is 0. The molecule has 2 rings (SSSR count). The van der Waals surface area contributed by atoms with Crippen molar-refractivity contribution < 1.29 is 22.3 Å². The number of hydrogen-bond acceptors (Lipinski definition) is 4. The van der Waals surface area contributed by atoms with Crippen LogP contribution < -0.4 is 16.0 Å². The second-order valence-corrected chi connectivity index (χ2v) is 3.73. The molecule has 1 heterocycles. The molecule has 0 radical (unpaired) electrons. The Morgan fingerprint density at radius 2 is 1.84 bits per heavy atom. The Hall–Kier alpha value is -1.99. The summed E-state index contributed by atoms with van der Waals surface area (Å²) in [7, 11) is 0. The molecule has 0 amide bonds. The number of halogens is 3. The molecule has 0 fully saturated rings. The van der Waals surface area contributed by atoms with Crippen LogP contribution in [0.25, 0.3) is 0 Å². The van der Waals surface area contributed by atoms with Gasteiger partial charge in [-0.2, -0.15) is 0 Å². The third kappa shape index (κ3) is 3.49. The molecule has 2 aromatic rings. The Kier molecular flexibility index (Phi) is 3.77. The van der Waals surface area contributed by atoms with E-state index in [9.17, 15) is 13.2 Å². The van der Waals surface area contributed by atoms with E-state index in [1.54, 1.807) is 12.1 Å². The maximum absolute atomic E-state index is 12.0. The first-order valence-corrected chi connectivity index (χ1v) is 5.35. The zero-order chi connectivity index (χ0) is 13.9. The van der Waals surface area contributed by atoms with Gasteiger partial charge in [-0.05, 0) is 29.8 Å². The Labute approximate surface area is 106 Å². The molecular formula is C12H11F3N2O2. The summed E-state index contributed by atoms with van der Waals surface area (Å²) in [5.41, 5.74) is 3.19. The van der Waals surface area contributed by atoms with Gasteiger partial charge in [0.15, 0.2) is 0 Å². The number of nitrogens with two attached hydrogens (primary N) is 1. The molecule has 0 saturated carbocycles. The summed E-state index contributed by atoms with van der Waals surface area (Å²) < 4.78 is 45.0. The molecule has 0 saturated heterocycles. The molecule has 7 heteroatoms. The SMILES string of the molecule is NNC(c1ccc(OC(F)(F)F)cc1)c1ccco1. The monoisotopic (exact) mass is 272 g/mol. The van der Waals surface area contributed by atoms with Crippen molar-refractivity contribution in [2.45, 2.75) is 12.4 Å². The van der Waals surface area contributed by atoms with Gasteiger partial charge in [0, 0.05) is 0 Å². The van der Waals surface area contributed by atoms with E-state index in [1.165, 1.54) is 30.5 Å². The smallest absolute Gasteiger partial charge is 0.467 e. The van der Waals surface area contributed by atoms with Gasteiger partial charge in [0.25, 0.3) is 0 Å². The van der Waals surface area contributed by atoms with Crippen LogP contribution in [0.2, 0.25) is 0 Å². The molecule has 0 spiro atoms. The number of nitrogens with one attached hydrogen (secondary N) is 1. The normalized spacial score (nSPS) is 13.3. The first-order valence-electron chi connectivity index (χ1n) is 5.35. The van der Waals surface area contributed by atoms with Crippen LogP contribution in [0.5, 0.6) is 5.75 Å². The number of alkyl halides is 3. The van der Waals surface area contributed by atoms with Crippen LogP contribution in [0.4, 0.5) is 13.2 Å². The van der Waals surface area contributed by atoms with Gasteiger partial charge < -0.3 is 9.15 Å². The van der Waals surface area contributed by atoms with Gasteiger partial charge in [-0.3, -0.25) is 5.84 Å². The lowest BCUT2D eigenvalue weighted by Crippen LogP contribution is -2.28. The van der Waals surface area contributed by atoms with Crippen LogP contribution in [0.15, 0.2) is 47.1 Å². The van der Waals surface area contributed by atoms with Gasteiger partial charge in [0.2, 0.25) is 0 Å². The van der Waals surface area contributed by atoms with Crippen molar-refractivity contribution >= 4 is 0 Å². The van der Waals surface area contributed by atoms with E-state index >= 15 is 0 Å². The van der Waals surface area contributed by atoms with Crippen LogP contribution in [0.3, 0.4) is 0 Å². The Balaban J connectivity index is 2.17. The van der Waals surface area contributed by atoms with Crippen molar-refractivity contribution in [3.63, 3.8) is 0 Å². The number of benzene rings is 1. The van der Waals surface area contributed by atoms with E-state index in [0.29, 0.717) is 11.3 Å². The summed E-state index contributed by atoms with van der Waals surface area (Å²) in [6, 6.07) is 8.37. The second kappa shape index (κ2) is 5.33. The van der Waals surface area contributed by atoms with Crippen LogP contribution in [0.1, 0.15) is 17.4 Å². The quantitative estimate of drug-likeness (QED) is 0.663. The van der Waals surface area contributed by atoms with E-state index in [1.807, 2.05) is 0 Å². The lowest BCUT2D eigenvalue weighted by Gasteiger charge is -2.15. The Morgan fingerprint density at radius 3 is 2.32 bits per heavy atom. The number of rotatable bonds is 4. The van der Waals surface area contributed by atoms with Crippen LogP contribution in [0, 0.1) is 0 Å². The number of furan rings is 1. The van der Waals surface area contributed by atoms with Gasteiger partial charge in [-0.1, -0.05) is 12.1 Å². The fourth-order valence-electron chi connectivity index (χ4n) is 1.66. The van der Waals surface area contributed by atoms with Crippen molar-refractivity contribution in [3.8, 4) is 5.75 Å². The fourth-order valence-corrected chi connectivity index (χ4v) is 1.66. The fraction of sp³-hybridized carbons (Fsp3) is 0.167. The van der Waals surface area contributed by atoms with Crippen molar-refractivity contribution in [3.05, 3.63) is 54.0 Å². The van der Waals surface area contributed by atoms with Crippen molar-refractivity contribution in [2.24, 2.45) is 5.84 Å². The van der Waals surface area contributed by atoms with Crippen LogP contribution >= 0.6 is 0 Å². The Bertz CT molecular complexity index is 509. The second-order valence-electron chi connectivity index (χ2n) is 3.73. The van der Waals surface area contributed by atoms with Gasteiger partial charge in [-0.25, -0.2) is 5.43 Å². The molecule has 3 N–H and O–H groups in total. The van der Waals surface area contributed by atoms with Crippen molar-refractivity contribution in [2.75, 3.05) is 0 Å². The summed E-state index contributed by atoms with van der Waals surface area (Å²) in [5, 5.41) is 0. The maximum Gasteiger partial charge on any atom is 0.573 e. The molecule has 1 aromatic heterocycles. The zero-order valence-electron chi connectivity index (χ0n) is 9.65. The Morgan fingerprint density at radius 1 is 1.16 bits per heavy atom. The minimum Gasteiger partial charge on any atom is -0.467 e. The van der Waals surface area contributed by atoms with Crippen LogP contribution in [-0.2, 0) is 0 Å². The minimum atomic E-state index is -4.70. The molecule has 102 valence electrons. The van der Waals surface area contributed by atoms with Gasteiger partial charge in [0.1, 0.15) is 17.6 Å². The highest BCUT2D eigenvalue weighted by Crippen LogP contribution is 2.26. The van der Waals surface area contributed by atoms with E-state index < -0.39 is 12.4 Å². The molecule has 1 atom stereocenters. The number of hydrogen-bond donors (Lipinski definition) is 2. The topological polar surface area (TPSA) is 60.4 Å². The van der Waals surface area contributed by atoms with E-state index in [-0.39, 0.29) is 5.75 Å². The highest BCUT2D eigenvalue weighted by molar-refractivity contribution is 5.32. The van der Waals surface area contributed by atoms with E-state index in [2.05, 4.69) is 10.2 Å². The number of hydrazine groups is 1. The highest BCUT2D eigenvalue weighted by atomic mass is 19.4. The maximum atomic E-state index is 12.0. The molecule has 0 aliphatic rings. The molecule has 1 aromatic carbocycles. The average Bonchev–Trinajstić information content (AvgIpc) is 2.84. The molecule has 0 aliphatic carbocycles. The zero-order valence-corrected chi connectivity index (χ0v) is 9.65. The van der Waals surface area contributed by atoms with Crippen molar-refractivity contribution in [1.29, 1.82) is 0 Å². The molecule has 4 nitrogen and oxygen atoms in total. The van der Waals surface area contributed by atoms with Gasteiger partial charge in [-0.15, -0.1) is 13.2 Å². The summed E-state index contributed by atoms with van der Waals surface area (Å²) >= 11 is 0. The third-order valence-electron chi connectivity index (χ3n) is 2.44. The molecular weight excluding hydrogens is 261 g/mol. The third-order valence-corrected chi connectivity index (χ3v) is 2.44. The average molecular weight is 272 g/mol. The molecule has 1 unspecified atom stereocenters. The molecule has 0 aliphatic heterocycles. The predicted octanol–water partition coefficient (Wildman–Crippen LogP) is 2.73. The summed E-state index contributed by atoms with van der Waals surface area (Å²) in [4.78, 5) is 0. The van der Waals surface area contributed by atoms with E-state index in [4.69, 9.17) is 10.3 Å². The minimum absolute atomic E-state index is 0.286. The lowest BCUT2D eigenvalue weighted by molar-refractivity contribution is -0.274. The predicted molar refractivity (Wildman–Crippen MR) is 61.0 cm³/mol. The molecule has 19 heavy (non-hydrogen) atoms. The summed E-state index contributed by atoms with van der Waals surface area (Å²) in [6.07, 6.45) is -3.21. The summed E-state index contributed by atoms with van der Waals surface area (Å²) in [5.74, 6) is 5.69. The molecule has 0 bridgehead atoms. The first kappa shape index (κ1) is 13.4. The van der Waals surface area contributed by atoms with Gasteiger partial charge >= 0.3 is 6.36 Å². The van der Waals surface area contributed by atoms with Crippen LogP contribution in [-0.4, -0.2) is 6.36 Å². The lowest BCUT2D eigenvalue weighted by atomic mass is 10.1. The first-order chi connectivity index (χ1) is 8.99. The highest BCUT2D eigenvalue weighted by Gasteiger charge is 2.31.